The summed E-state index contributed by atoms with van der Waals surface area (Å²) in [5, 5.41) is 2.64. The van der Waals surface area contributed by atoms with E-state index in [-0.39, 0.29) is 19.0 Å². The van der Waals surface area contributed by atoms with Gasteiger partial charge >= 0.3 is 0 Å². The minimum absolute atomic E-state index is 0.0750. The van der Waals surface area contributed by atoms with E-state index in [0.29, 0.717) is 18.7 Å². The number of hydrogen-bond donors (Lipinski definition) is 1. The zero-order valence-electron chi connectivity index (χ0n) is 13.9. The summed E-state index contributed by atoms with van der Waals surface area (Å²) in [7, 11) is 0. The molecule has 0 spiro atoms. The molecule has 1 fully saturated rings. The summed E-state index contributed by atoms with van der Waals surface area (Å²) < 4.78 is 54.6. The largest absolute Gasteiger partial charge is 0.366 e. The molecular formula is C17H16F4N4O. The van der Waals surface area contributed by atoms with E-state index in [2.05, 4.69) is 15.3 Å². The van der Waals surface area contributed by atoms with Crippen molar-refractivity contribution >= 4 is 17.4 Å². The lowest BCUT2D eigenvalue weighted by Crippen LogP contribution is -2.42. The third kappa shape index (κ3) is 3.61. The van der Waals surface area contributed by atoms with Crippen LogP contribution in [-0.2, 0) is 4.79 Å². The predicted molar refractivity (Wildman–Crippen MR) is 86.6 cm³/mol. The smallest absolute Gasteiger partial charge is 0.253 e. The summed E-state index contributed by atoms with van der Waals surface area (Å²) in [6.45, 7) is 1.95. The Morgan fingerprint density at radius 2 is 1.88 bits per heavy atom. The number of pyridine rings is 2. The number of amides is 1. The molecule has 138 valence electrons. The van der Waals surface area contributed by atoms with Crippen molar-refractivity contribution in [3.8, 4) is 0 Å². The Kier molecular flexibility index (Phi) is 5.06. The lowest BCUT2D eigenvalue weighted by atomic mass is 9.96. The summed E-state index contributed by atoms with van der Waals surface area (Å²) in [6, 6.07) is 3.42. The Balaban J connectivity index is 1.77. The molecule has 1 aliphatic heterocycles. The molecule has 3 rings (SSSR count). The van der Waals surface area contributed by atoms with Crippen LogP contribution in [0, 0.1) is 36.4 Å². The summed E-state index contributed by atoms with van der Waals surface area (Å²) >= 11 is 0. The molecule has 9 heteroatoms. The van der Waals surface area contributed by atoms with Gasteiger partial charge < -0.3 is 10.2 Å². The quantitative estimate of drug-likeness (QED) is 0.668. The normalized spacial score (nSPS) is 17.3. The van der Waals surface area contributed by atoms with Gasteiger partial charge in [0, 0.05) is 19.3 Å². The first-order valence-corrected chi connectivity index (χ1v) is 8.05. The fourth-order valence-corrected chi connectivity index (χ4v) is 2.92. The molecule has 0 aliphatic carbocycles. The summed E-state index contributed by atoms with van der Waals surface area (Å²) in [5.41, 5.74) is 0.0977. The first-order chi connectivity index (χ1) is 12.4. The molecule has 1 saturated heterocycles. The number of nitrogens with one attached hydrogen (secondary N) is 1. The van der Waals surface area contributed by atoms with Crippen LogP contribution in [0.1, 0.15) is 18.4 Å². The standard InChI is InChI=1S/C17H16F4N4O/c1-9-4-5-11(22-7-9)23-17(26)10-3-2-6-25(8-10)14-12(18)15(20)24-16(21)13(14)19/h4-5,7,10H,2-3,6,8H2,1H3,(H,22,23,26). The van der Waals surface area contributed by atoms with Gasteiger partial charge in [-0.1, -0.05) is 6.07 Å². The average Bonchev–Trinajstić information content (AvgIpc) is 2.62. The molecular weight excluding hydrogens is 352 g/mol. The number of anilines is 2. The third-order valence-electron chi connectivity index (χ3n) is 4.25. The molecule has 0 saturated carbocycles. The minimum Gasteiger partial charge on any atom is -0.366 e. The Hall–Kier alpha value is -2.71. The van der Waals surface area contributed by atoms with Gasteiger partial charge in [0.15, 0.2) is 0 Å². The Labute approximate surface area is 147 Å². The van der Waals surface area contributed by atoms with Crippen molar-refractivity contribution in [2.24, 2.45) is 5.92 Å². The minimum atomic E-state index is -1.71. The molecule has 5 nitrogen and oxygen atoms in total. The number of nitrogens with zero attached hydrogens (tertiary/aromatic N) is 3. The number of piperidine rings is 1. The Morgan fingerprint density at radius 3 is 2.50 bits per heavy atom. The highest BCUT2D eigenvalue weighted by atomic mass is 19.2. The van der Waals surface area contributed by atoms with Gasteiger partial charge in [0.1, 0.15) is 11.5 Å². The van der Waals surface area contributed by atoms with Crippen molar-refractivity contribution in [1.82, 2.24) is 9.97 Å². The van der Waals surface area contributed by atoms with Gasteiger partial charge in [0.25, 0.3) is 11.9 Å². The van der Waals surface area contributed by atoms with E-state index in [1.165, 1.54) is 0 Å². The number of aromatic nitrogens is 2. The second-order valence-corrected chi connectivity index (χ2v) is 6.17. The maximum absolute atomic E-state index is 13.9. The molecule has 0 radical (unpaired) electrons. The maximum Gasteiger partial charge on any atom is 0.253 e. The highest BCUT2D eigenvalue weighted by Gasteiger charge is 2.32. The third-order valence-corrected chi connectivity index (χ3v) is 4.25. The van der Waals surface area contributed by atoms with Crippen molar-refractivity contribution < 1.29 is 22.4 Å². The van der Waals surface area contributed by atoms with Crippen LogP contribution in [0.2, 0.25) is 0 Å². The molecule has 2 aromatic heterocycles. The van der Waals surface area contributed by atoms with Crippen LogP contribution in [0.3, 0.4) is 0 Å². The van der Waals surface area contributed by atoms with E-state index < -0.39 is 35.1 Å². The lowest BCUT2D eigenvalue weighted by molar-refractivity contribution is -0.120. The fourth-order valence-electron chi connectivity index (χ4n) is 2.92. The number of rotatable bonds is 3. The van der Waals surface area contributed by atoms with E-state index in [1.54, 1.807) is 18.3 Å². The van der Waals surface area contributed by atoms with Crippen molar-refractivity contribution in [2.75, 3.05) is 23.3 Å². The van der Waals surface area contributed by atoms with Crippen LogP contribution in [0.25, 0.3) is 0 Å². The average molecular weight is 368 g/mol. The van der Waals surface area contributed by atoms with Crippen LogP contribution in [0.15, 0.2) is 18.3 Å². The van der Waals surface area contributed by atoms with Crippen LogP contribution < -0.4 is 10.2 Å². The van der Waals surface area contributed by atoms with Gasteiger partial charge in [0.2, 0.25) is 17.5 Å². The van der Waals surface area contributed by atoms with E-state index in [4.69, 9.17) is 0 Å². The number of halogens is 4. The monoisotopic (exact) mass is 368 g/mol. The molecule has 1 atom stereocenters. The van der Waals surface area contributed by atoms with E-state index >= 15 is 0 Å². The molecule has 1 unspecified atom stereocenters. The second-order valence-electron chi connectivity index (χ2n) is 6.17. The predicted octanol–water partition coefficient (Wildman–Crippen LogP) is 3.20. The van der Waals surface area contributed by atoms with Crippen LogP contribution >= 0.6 is 0 Å². The van der Waals surface area contributed by atoms with Crippen molar-refractivity contribution in [3.63, 3.8) is 0 Å². The summed E-state index contributed by atoms with van der Waals surface area (Å²) in [6.07, 6.45) is 2.51. The van der Waals surface area contributed by atoms with E-state index in [9.17, 15) is 22.4 Å². The topological polar surface area (TPSA) is 58.1 Å². The summed E-state index contributed by atoms with van der Waals surface area (Å²) in [4.78, 5) is 20.2. The number of carbonyl (C=O) groups excluding carboxylic acids is 1. The highest BCUT2D eigenvalue weighted by Crippen LogP contribution is 2.30. The van der Waals surface area contributed by atoms with Crippen LogP contribution in [-0.4, -0.2) is 29.0 Å². The van der Waals surface area contributed by atoms with Gasteiger partial charge in [-0.25, -0.2) is 4.98 Å². The van der Waals surface area contributed by atoms with Gasteiger partial charge in [-0.3, -0.25) is 4.79 Å². The van der Waals surface area contributed by atoms with Gasteiger partial charge in [-0.2, -0.15) is 22.5 Å². The molecule has 1 N–H and O–H groups in total. The lowest BCUT2D eigenvalue weighted by Gasteiger charge is -2.33. The summed E-state index contributed by atoms with van der Waals surface area (Å²) in [5.74, 6) is -7.18. The highest BCUT2D eigenvalue weighted by molar-refractivity contribution is 5.92. The van der Waals surface area contributed by atoms with Crippen molar-refractivity contribution in [2.45, 2.75) is 19.8 Å². The Bertz CT molecular complexity index is 802. The fraction of sp³-hybridized carbons (Fsp3) is 0.353. The molecule has 0 aromatic carbocycles. The van der Waals surface area contributed by atoms with Crippen LogP contribution in [0.4, 0.5) is 29.1 Å². The van der Waals surface area contributed by atoms with Gasteiger partial charge in [-0.05, 0) is 31.4 Å². The first kappa shape index (κ1) is 18.1. The Morgan fingerprint density at radius 1 is 1.19 bits per heavy atom. The van der Waals surface area contributed by atoms with E-state index in [0.717, 1.165) is 10.5 Å². The molecule has 1 aliphatic rings. The zero-order chi connectivity index (χ0) is 18.8. The van der Waals surface area contributed by atoms with Gasteiger partial charge in [0.05, 0.1) is 5.92 Å². The number of carbonyl (C=O) groups is 1. The first-order valence-electron chi connectivity index (χ1n) is 8.05. The SMILES string of the molecule is Cc1ccc(NC(=O)C2CCCN(c3c(F)c(F)nc(F)c3F)C2)nc1. The molecule has 3 heterocycles. The maximum atomic E-state index is 13.9. The zero-order valence-corrected chi connectivity index (χ0v) is 13.9. The molecule has 1 amide bonds. The van der Waals surface area contributed by atoms with E-state index in [1.807, 2.05) is 6.92 Å². The molecule has 0 bridgehead atoms. The number of aryl methyl sites for hydroxylation is 1. The van der Waals surface area contributed by atoms with Crippen molar-refractivity contribution in [1.29, 1.82) is 0 Å². The molecule has 2 aromatic rings. The van der Waals surface area contributed by atoms with Crippen LogP contribution in [0.5, 0.6) is 0 Å². The molecule has 26 heavy (non-hydrogen) atoms. The number of hydrogen-bond acceptors (Lipinski definition) is 4. The second kappa shape index (κ2) is 7.27. The van der Waals surface area contributed by atoms with Crippen molar-refractivity contribution in [3.05, 3.63) is 47.4 Å². The van der Waals surface area contributed by atoms with Gasteiger partial charge in [-0.15, -0.1) is 0 Å².